The smallest absolute Gasteiger partial charge is 0.229 e. The number of aryl methyl sites for hydroxylation is 1. The molecule has 0 bridgehead atoms. The fourth-order valence-corrected chi connectivity index (χ4v) is 2.53. The van der Waals surface area contributed by atoms with Crippen LogP contribution in [0.3, 0.4) is 0 Å². The molecule has 0 radical (unpaired) electrons. The molecule has 2 aromatic rings. The zero-order valence-corrected chi connectivity index (χ0v) is 14.3. The Balaban J connectivity index is 2.12. The Kier molecular flexibility index (Phi) is 6.28. The Labute approximate surface area is 141 Å². The Morgan fingerprint density at radius 2 is 1.82 bits per heavy atom. The number of rotatable bonds is 7. The molecule has 0 spiro atoms. The van der Waals surface area contributed by atoms with Crippen molar-refractivity contribution in [2.45, 2.75) is 33.1 Å². The topological polar surface area (TPSA) is 49.8 Å². The highest BCUT2D eigenvalue weighted by Crippen LogP contribution is 2.31. The van der Waals surface area contributed by atoms with Gasteiger partial charge in [-0.3, -0.25) is 0 Å². The van der Waals surface area contributed by atoms with Crippen LogP contribution >= 0.6 is 23.2 Å². The molecular weight excluding hydrogens is 319 g/mol. The van der Waals surface area contributed by atoms with E-state index < -0.39 is 0 Å². The van der Waals surface area contributed by atoms with E-state index in [-0.39, 0.29) is 0 Å². The minimum Gasteiger partial charge on any atom is -0.370 e. The van der Waals surface area contributed by atoms with Crippen molar-refractivity contribution in [1.29, 1.82) is 0 Å². The minimum atomic E-state index is 0.480. The van der Waals surface area contributed by atoms with Gasteiger partial charge in [-0.1, -0.05) is 49.0 Å². The fraction of sp³-hybridized carbons (Fsp3) is 0.375. The second-order valence-electron chi connectivity index (χ2n) is 5.07. The molecule has 0 amide bonds. The Morgan fingerprint density at radius 3 is 2.50 bits per heavy atom. The number of nitrogens with one attached hydrogen (secondary N) is 2. The summed E-state index contributed by atoms with van der Waals surface area (Å²) in [7, 11) is 0. The molecule has 22 heavy (non-hydrogen) atoms. The van der Waals surface area contributed by atoms with Gasteiger partial charge in [-0.05, 0) is 25.5 Å². The first-order valence-corrected chi connectivity index (χ1v) is 8.16. The molecule has 0 unspecified atom stereocenters. The summed E-state index contributed by atoms with van der Waals surface area (Å²) in [6.07, 6.45) is 3.53. The van der Waals surface area contributed by atoms with E-state index in [1.165, 1.54) is 12.8 Å². The normalized spacial score (nSPS) is 10.5. The fourth-order valence-electron chi connectivity index (χ4n) is 2.04. The molecule has 0 atom stereocenters. The lowest BCUT2D eigenvalue weighted by Gasteiger charge is -2.11. The van der Waals surface area contributed by atoms with Crippen LogP contribution in [-0.2, 0) is 0 Å². The number of aromatic nitrogens is 2. The van der Waals surface area contributed by atoms with Gasteiger partial charge in [0.1, 0.15) is 5.82 Å². The van der Waals surface area contributed by atoms with Crippen LogP contribution < -0.4 is 10.6 Å². The van der Waals surface area contributed by atoms with Crippen molar-refractivity contribution in [1.82, 2.24) is 9.97 Å². The Bertz CT molecular complexity index is 611. The van der Waals surface area contributed by atoms with Gasteiger partial charge in [-0.2, -0.15) is 4.98 Å². The van der Waals surface area contributed by atoms with Gasteiger partial charge in [0.05, 0.1) is 15.7 Å². The minimum absolute atomic E-state index is 0.480. The van der Waals surface area contributed by atoms with Crippen molar-refractivity contribution >= 4 is 40.7 Å². The maximum atomic E-state index is 6.16. The van der Waals surface area contributed by atoms with Gasteiger partial charge in [0.25, 0.3) is 0 Å². The van der Waals surface area contributed by atoms with E-state index in [1.807, 2.05) is 13.0 Å². The molecule has 6 heteroatoms. The highest BCUT2D eigenvalue weighted by atomic mass is 35.5. The van der Waals surface area contributed by atoms with Gasteiger partial charge in [0.2, 0.25) is 5.95 Å². The molecule has 0 aliphatic rings. The number of hydrogen-bond donors (Lipinski definition) is 2. The standard InChI is InChI=1S/C16H20Cl2N4/c1-3-4-5-9-19-14-10-11(2)20-16(21-14)22-15-12(17)7-6-8-13(15)18/h6-8,10H,3-5,9H2,1-2H3,(H2,19,20,21,22). The second kappa shape index (κ2) is 8.20. The Hall–Kier alpha value is -1.52. The average Bonchev–Trinajstić information content (AvgIpc) is 2.47. The average molecular weight is 339 g/mol. The van der Waals surface area contributed by atoms with Crippen molar-refractivity contribution in [2.75, 3.05) is 17.2 Å². The second-order valence-corrected chi connectivity index (χ2v) is 5.89. The summed E-state index contributed by atoms with van der Waals surface area (Å²) >= 11 is 12.3. The molecule has 2 rings (SSSR count). The molecule has 0 saturated carbocycles. The van der Waals surface area contributed by atoms with E-state index in [0.29, 0.717) is 21.7 Å². The van der Waals surface area contributed by atoms with Crippen LogP contribution in [0.5, 0.6) is 0 Å². The summed E-state index contributed by atoms with van der Waals surface area (Å²) < 4.78 is 0. The van der Waals surface area contributed by atoms with Crippen LogP contribution in [0, 0.1) is 6.92 Å². The molecule has 0 aliphatic heterocycles. The van der Waals surface area contributed by atoms with Crippen molar-refractivity contribution < 1.29 is 0 Å². The lowest BCUT2D eigenvalue weighted by molar-refractivity contribution is 0.742. The largest absolute Gasteiger partial charge is 0.370 e. The third-order valence-electron chi connectivity index (χ3n) is 3.14. The maximum Gasteiger partial charge on any atom is 0.229 e. The van der Waals surface area contributed by atoms with Crippen LogP contribution in [0.1, 0.15) is 31.9 Å². The SMILES string of the molecule is CCCCCNc1cc(C)nc(Nc2c(Cl)cccc2Cl)n1. The van der Waals surface area contributed by atoms with Gasteiger partial charge in [0, 0.05) is 18.3 Å². The highest BCUT2D eigenvalue weighted by Gasteiger charge is 2.08. The van der Waals surface area contributed by atoms with E-state index >= 15 is 0 Å². The molecule has 0 aliphatic carbocycles. The molecule has 4 nitrogen and oxygen atoms in total. The number of unbranched alkanes of at least 4 members (excludes halogenated alkanes) is 2. The number of nitrogens with zero attached hydrogens (tertiary/aromatic N) is 2. The van der Waals surface area contributed by atoms with Gasteiger partial charge in [-0.25, -0.2) is 4.98 Å². The number of para-hydroxylation sites is 1. The van der Waals surface area contributed by atoms with Crippen LogP contribution in [0.4, 0.5) is 17.5 Å². The number of hydrogen-bond acceptors (Lipinski definition) is 4. The zero-order valence-electron chi connectivity index (χ0n) is 12.8. The van der Waals surface area contributed by atoms with E-state index in [0.717, 1.165) is 24.5 Å². The molecule has 118 valence electrons. The van der Waals surface area contributed by atoms with E-state index in [4.69, 9.17) is 23.2 Å². The lowest BCUT2D eigenvalue weighted by atomic mass is 10.2. The summed E-state index contributed by atoms with van der Waals surface area (Å²) in [4.78, 5) is 8.83. The van der Waals surface area contributed by atoms with Gasteiger partial charge in [0.15, 0.2) is 0 Å². The third-order valence-corrected chi connectivity index (χ3v) is 3.77. The van der Waals surface area contributed by atoms with Gasteiger partial charge in [-0.15, -0.1) is 0 Å². The molecule has 1 aromatic heterocycles. The van der Waals surface area contributed by atoms with Crippen LogP contribution in [0.15, 0.2) is 24.3 Å². The third kappa shape index (κ3) is 4.75. The summed E-state index contributed by atoms with van der Waals surface area (Å²) in [5.74, 6) is 1.28. The summed E-state index contributed by atoms with van der Waals surface area (Å²) in [6, 6.07) is 7.27. The molecule has 1 aromatic carbocycles. The predicted molar refractivity (Wildman–Crippen MR) is 94.5 cm³/mol. The van der Waals surface area contributed by atoms with E-state index in [1.54, 1.807) is 18.2 Å². The van der Waals surface area contributed by atoms with Crippen molar-refractivity contribution in [3.63, 3.8) is 0 Å². The molecule has 0 saturated heterocycles. The van der Waals surface area contributed by atoms with Crippen LogP contribution in [0.2, 0.25) is 10.0 Å². The van der Waals surface area contributed by atoms with Gasteiger partial charge < -0.3 is 10.6 Å². The first kappa shape index (κ1) is 16.8. The predicted octanol–water partition coefficient (Wildman–Crippen LogP) is 5.44. The monoisotopic (exact) mass is 338 g/mol. The number of anilines is 3. The van der Waals surface area contributed by atoms with Crippen LogP contribution in [-0.4, -0.2) is 16.5 Å². The first-order valence-electron chi connectivity index (χ1n) is 7.40. The quantitative estimate of drug-likeness (QED) is 0.660. The van der Waals surface area contributed by atoms with Crippen molar-refractivity contribution in [3.05, 3.63) is 40.0 Å². The lowest BCUT2D eigenvalue weighted by Crippen LogP contribution is -2.07. The Morgan fingerprint density at radius 1 is 1.09 bits per heavy atom. The number of halogens is 2. The zero-order chi connectivity index (χ0) is 15.9. The van der Waals surface area contributed by atoms with Crippen molar-refractivity contribution in [3.8, 4) is 0 Å². The van der Waals surface area contributed by atoms with Gasteiger partial charge >= 0.3 is 0 Å². The van der Waals surface area contributed by atoms with Crippen LogP contribution in [0.25, 0.3) is 0 Å². The molecule has 0 fully saturated rings. The summed E-state index contributed by atoms with van der Waals surface area (Å²) in [6.45, 7) is 5.01. The molecule has 2 N–H and O–H groups in total. The number of benzene rings is 1. The van der Waals surface area contributed by atoms with E-state index in [9.17, 15) is 0 Å². The summed E-state index contributed by atoms with van der Waals surface area (Å²) in [5, 5.41) is 7.49. The molecule has 1 heterocycles. The first-order chi connectivity index (χ1) is 10.6. The molecular formula is C16H20Cl2N4. The van der Waals surface area contributed by atoms with Crippen molar-refractivity contribution in [2.24, 2.45) is 0 Å². The highest BCUT2D eigenvalue weighted by molar-refractivity contribution is 6.39. The maximum absolute atomic E-state index is 6.16. The summed E-state index contributed by atoms with van der Waals surface area (Å²) in [5.41, 5.74) is 1.49. The van der Waals surface area contributed by atoms with E-state index in [2.05, 4.69) is 27.5 Å².